The van der Waals surface area contributed by atoms with Crippen LogP contribution in [-0.4, -0.2) is 30.4 Å². The fourth-order valence-corrected chi connectivity index (χ4v) is 3.63. The van der Waals surface area contributed by atoms with Crippen LogP contribution in [0.25, 0.3) is 0 Å². The van der Waals surface area contributed by atoms with Gasteiger partial charge in [0.25, 0.3) is 5.91 Å². The van der Waals surface area contributed by atoms with E-state index in [0.29, 0.717) is 17.3 Å². The number of carbonyl (C=O) groups excluding carboxylic acids is 1. The fourth-order valence-electron chi connectivity index (χ4n) is 2.84. The maximum atomic E-state index is 12.5. The van der Waals surface area contributed by atoms with Gasteiger partial charge in [0.2, 0.25) is 0 Å². The molecule has 1 N–H and O–H groups in total. The molecule has 4 rings (SSSR count). The number of rotatable bonds is 7. The highest BCUT2D eigenvalue weighted by molar-refractivity contribution is 9.10. The van der Waals surface area contributed by atoms with Crippen molar-refractivity contribution in [1.82, 2.24) is 19.6 Å². The van der Waals surface area contributed by atoms with Crippen LogP contribution in [0.3, 0.4) is 0 Å². The zero-order valence-corrected chi connectivity index (χ0v) is 19.1. The van der Waals surface area contributed by atoms with Crippen molar-refractivity contribution in [3.63, 3.8) is 0 Å². The van der Waals surface area contributed by atoms with Gasteiger partial charge in [-0.05, 0) is 50.7 Å². The lowest BCUT2D eigenvalue weighted by Crippen LogP contribution is -2.12. The molecule has 1 aromatic carbocycles. The summed E-state index contributed by atoms with van der Waals surface area (Å²) in [4.78, 5) is 22.8. The second kappa shape index (κ2) is 9.15. The summed E-state index contributed by atoms with van der Waals surface area (Å²) in [5, 5.41) is 22.6. The Morgan fingerprint density at radius 2 is 1.81 bits per heavy atom. The smallest absolute Gasteiger partial charge is 0.404 e. The Kier molecular flexibility index (Phi) is 6.31. The van der Waals surface area contributed by atoms with E-state index < -0.39 is 10.8 Å². The van der Waals surface area contributed by atoms with Crippen LogP contribution in [0.5, 0.6) is 0 Å². The molecular formula is C19H13BrCl2N6O4. The number of amides is 1. The predicted octanol–water partition coefficient (Wildman–Crippen LogP) is 5.00. The van der Waals surface area contributed by atoms with Crippen molar-refractivity contribution >= 4 is 56.7 Å². The van der Waals surface area contributed by atoms with E-state index in [1.165, 1.54) is 16.9 Å². The molecule has 3 heterocycles. The summed E-state index contributed by atoms with van der Waals surface area (Å²) in [6.07, 6.45) is 3.05. The van der Waals surface area contributed by atoms with Crippen LogP contribution in [0.4, 0.5) is 11.6 Å². The molecule has 0 radical (unpaired) electrons. The first kappa shape index (κ1) is 22.1. The van der Waals surface area contributed by atoms with E-state index in [-0.39, 0.29) is 33.4 Å². The summed E-state index contributed by atoms with van der Waals surface area (Å²) in [5.74, 6) is -0.237. The van der Waals surface area contributed by atoms with E-state index in [0.717, 1.165) is 5.56 Å². The third-order valence-corrected chi connectivity index (χ3v) is 5.37. The lowest BCUT2D eigenvalue weighted by Gasteiger charge is -2.02. The number of hydrogen-bond acceptors (Lipinski definition) is 6. The first-order valence-corrected chi connectivity index (χ1v) is 10.6. The number of furan rings is 1. The number of nitrogens with one attached hydrogen (secondary N) is 1. The molecular weight excluding hydrogens is 527 g/mol. The molecule has 13 heteroatoms. The summed E-state index contributed by atoms with van der Waals surface area (Å²) in [6.45, 7) is 0.555. The Labute approximate surface area is 199 Å². The van der Waals surface area contributed by atoms with Gasteiger partial charge in [0, 0.05) is 11.2 Å². The summed E-state index contributed by atoms with van der Waals surface area (Å²) < 4.78 is 8.71. The average Bonchev–Trinajstić information content (AvgIpc) is 3.44. The Morgan fingerprint density at radius 1 is 1.09 bits per heavy atom. The number of anilines is 1. The Bertz CT molecular complexity index is 1300. The molecule has 0 aliphatic rings. The van der Waals surface area contributed by atoms with Gasteiger partial charge in [-0.1, -0.05) is 35.3 Å². The number of nitrogens with zero attached hydrogens (tertiary/aromatic N) is 5. The molecule has 3 aromatic heterocycles. The molecule has 164 valence electrons. The van der Waals surface area contributed by atoms with Gasteiger partial charge in [0.15, 0.2) is 11.6 Å². The first-order chi connectivity index (χ1) is 15.3. The Hall–Kier alpha value is -3.15. The molecule has 0 aliphatic carbocycles. The van der Waals surface area contributed by atoms with Crippen LogP contribution in [-0.2, 0) is 13.1 Å². The molecule has 4 aromatic rings. The van der Waals surface area contributed by atoms with Crippen LogP contribution >= 0.6 is 39.1 Å². The molecule has 32 heavy (non-hydrogen) atoms. The maximum absolute atomic E-state index is 12.5. The Balaban J connectivity index is 1.42. The first-order valence-electron chi connectivity index (χ1n) is 9.03. The summed E-state index contributed by atoms with van der Waals surface area (Å²) in [6, 6.07) is 10.4. The van der Waals surface area contributed by atoms with Gasteiger partial charge in [0.1, 0.15) is 21.8 Å². The third kappa shape index (κ3) is 5.01. The van der Waals surface area contributed by atoms with Crippen molar-refractivity contribution in [2.24, 2.45) is 0 Å². The number of aromatic nitrogens is 4. The maximum Gasteiger partial charge on any atom is 0.404 e. The standard InChI is InChI=1S/C19H13BrCl2N6O4/c20-14-9-27(25-18(14)28(30)31)8-13-5-6-16(32-13)19(29)23-17-15(22)10-26(24-17)7-11-1-3-12(21)4-2-11/h1-6,9-10H,7-8H2,(H,23,24,29). The molecule has 0 spiro atoms. The van der Waals surface area contributed by atoms with E-state index in [2.05, 4.69) is 31.4 Å². The van der Waals surface area contributed by atoms with Crippen LogP contribution in [0.1, 0.15) is 21.9 Å². The molecule has 0 saturated carbocycles. The van der Waals surface area contributed by atoms with Gasteiger partial charge in [0.05, 0.1) is 17.8 Å². The quantitative estimate of drug-likeness (QED) is 0.260. The molecule has 0 fully saturated rings. The molecule has 0 unspecified atom stereocenters. The van der Waals surface area contributed by atoms with E-state index >= 15 is 0 Å². The highest BCUT2D eigenvalue weighted by Crippen LogP contribution is 2.24. The SMILES string of the molecule is O=C(Nc1nn(Cc2ccc(Cl)cc2)cc1Cl)c1ccc(Cn2cc(Br)c([N+](=O)[O-])n2)o1. The van der Waals surface area contributed by atoms with Crippen LogP contribution in [0, 0.1) is 10.1 Å². The second-order valence-corrected chi connectivity index (χ2v) is 8.32. The van der Waals surface area contributed by atoms with Crippen LogP contribution < -0.4 is 5.32 Å². The number of hydrogen-bond donors (Lipinski definition) is 1. The molecule has 0 aliphatic heterocycles. The summed E-state index contributed by atoms with van der Waals surface area (Å²) in [5.41, 5.74) is 0.965. The molecule has 0 atom stereocenters. The van der Waals surface area contributed by atoms with Gasteiger partial charge >= 0.3 is 5.82 Å². The molecule has 0 bridgehead atoms. The van der Waals surface area contributed by atoms with Crippen molar-refractivity contribution in [3.8, 4) is 0 Å². The van der Waals surface area contributed by atoms with Gasteiger partial charge in [-0.25, -0.2) is 0 Å². The highest BCUT2D eigenvalue weighted by atomic mass is 79.9. The average molecular weight is 540 g/mol. The monoisotopic (exact) mass is 538 g/mol. The topological polar surface area (TPSA) is 121 Å². The lowest BCUT2D eigenvalue weighted by atomic mass is 10.2. The number of carbonyl (C=O) groups is 1. The molecule has 0 saturated heterocycles. The zero-order valence-electron chi connectivity index (χ0n) is 16.0. The van der Waals surface area contributed by atoms with Crippen molar-refractivity contribution in [1.29, 1.82) is 0 Å². The van der Waals surface area contributed by atoms with Crippen LogP contribution in [0.2, 0.25) is 10.0 Å². The van der Waals surface area contributed by atoms with E-state index in [1.807, 2.05) is 12.1 Å². The largest absolute Gasteiger partial charge is 0.454 e. The van der Waals surface area contributed by atoms with Gasteiger partial charge in [-0.15, -0.1) is 0 Å². The van der Waals surface area contributed by atoms with Crippen LogP contribution in [0.15, 0.2) is 57.7 Å². The minimum atomic E-state index is -0.600. The minimum absolute atomic E-state index is 0.0315. The highest BCUT2D eigenvalue weighted by Gasteiger charge is 2.20. The number of benzene rings is 1. The molecule has 1 amide bonds. The predicted molar refractivity (Wildman–Crippen MR) is 120 cm³/mol. The van der Waals surface area contributed by atoms with Gasteiger partial charge in [-0.3, -0.25) is 9.48 Å². The van der Waals surface area contributed by atoms with Crippen molar-refractivity contribution < 1.29 is 14.1 Å². The third-order valence-electron chi connectivity index (χ3n) is 4.28. The normalized spacial score (nSPS) is 11.0. The zero-order chi connectivity index (χ0) is 22.8. The number of halogens is 3. The lowest BCUT2D eigenvalue weighted by molar-refractivity contribution is -0.390. The van der Waals surface area contributed by atoms with Crippen molar-refractivity contribution in [2.75, 3.05) is 5.32 Å². The van der Waals surface area contributed by atoms with E-state index in [1.54, 1.807) is 29.1 Å². The minimum Gasteiger partial charge on any atom is -0.454 e. The van der Waals surface area contributed by atoms with Gasteiger partial charge in [-0.2, -0.15) is 9.78 Å². The van der Waals surface area contributed by atoms with Crippen molar-refractivity contribution in [2.45, 2.75) is 13.1 Å². The molecule has 10 nitrogen and oxygen atoms in total. The Morgan fingerprint density at radius 3 is 2.50 bits per heavy atom. The van der Waals surface area contributed by atoms with E-state index in [9.17, 15) is 14.9 Å². The van der Waals surface area contributed by atoms with Crippen molar-refractivity contribution in [3.05, 3.63) is 90.5 Å². The number of nitro groups is 1. The second-order valence-electron chi connectivity index (χ2n) is 6.63. The summed E-state index contributed by atoms with van der Waals surface area (Å²) in [7, 11) is 0. The van der Waals surface area contributed by atoms with E-state index in [4.69, 9.17) is 27.6 Å². The van der Waals surface area contributed by atoms with Gasteiger partial charge < -0.3 is 19.8 Å². The fraction of sp³-hybridized carbons (Fsp3) is 0.105. The summed E-state index contributed by atoms with van der Waals surface area (Å²) >= 11 is 15.2.